The van der Waals surface area contributed by atoms with Crippen LogP contribution >= 0.6 is 0 Å². The minimum Gasteiger partial charge on any atom is -0.0587 e. The van der Waals surface area contributed by atoms with Crippen LogP contribution in [0.25, 0.3) is 0 Å². The van der Waals surface area contributed by atoms with Gasteiger partial charge in [0.25, 0.3) is 0 Å². The maximum atomic E-state index is 2.36. The zero-order chi connectivity index (χ0) is 12.9. The van der Waals surface area contributed by atoms with Crippen LogP contribution in [0.4, 0.5) is 0 Å². The summed E-state index contributed by atoms with van der Waals surface area (Å²) in [6.07, 6.45) is 0. The number of benzene rings is 2. The van der Waals surface area contributed by atoms with Gasteiger partial charge in [-0.2, -0.15) is 0 Å². The molecule has 0 unspecified atom stereocenters. The van der Waals surface area contributed by atoms with Crippen molar-refractivity contribution in [3.05, 3.63) is 68.4 Å². The Morgan fingerprint density at radius 1 is 0.556 bits per heavy atom. The van der Waals surface area contributed by atoms with Crippen LogP contribution in [0.5, 0.6) is 0 Å². The Balaban J connectivity index is 2.28. The molecule has 2 aromatic carbocycles. The highest BCUT2D eigenvalue weighted by Gasteiger charge is 2.07. The molecule has 0 atom stereocenters. The Hall–Kier alpha value is -1.56. The van der Waals surface area contributed by atoms with Crippen LogP contribution in [0.1, 0.15) is 50.7 Å². The first-order valence-corrected chi connectivity index (χ1v) is 6.86. The number of hydrogen-bond donors (Lipinski definition) is 0. The normalized spacial score (nSPS) is 12.3. The Morgan fingerprint density at radius 2 is 0.944 bits per heavy atom. The third kappa shape index (κ3) is 1.59. The zero-order valence-corrected chi connectivity index (χ0v) is 11.6. The fourth-order valence-corrected chi connectivity index (χ4v) is 2.69. The van der Waals surface area contributed by atoms with Crippen molar-refractivity contribution in [2.24, 2.45) is 0 Å². The van der Waals surface area contributed by atoms with Crippen LogP contribution in [0.15, 0.2) is 36.4 Å². The molecule has 0 spiro atoms. The van der Waals surface area contributed by atoms with E-state index in [1.165, 1.54) is 32.0 Å². The summed E-state index contributed by atoms with van der Waals surface area (Å²) in [5.41, 5.74) is 2.87. The molecular weight excluding hydrogens is 216 g/mol. The average Bonchev–Trinajstić information content (AvgIpc) is 2.34. The van der Waals surface area contributed by atoms with Crippen LogP contribution in [-0.4, -0.2) is 0 Å². The van der Waals surface area contributed by atoms with E-state index in [1.54, 1.807) is 0 Å². The van der Waals surface area contributed by atoms with E-state index >= 15 is 0 Å². The number of rotatable bonds is 2. The van der Waals surface area contributed by atoms with Gasteiger partial charge in [0.2, 0.25) is 0 Å². The van der Waals surface area contributed by atoms with Crippen LogP contribution in [-0.2, 0) is 0 Å². The molecule has 0 nitrogen and oxygen atoms in total. The maximum Gasteiger partial charge on any atom is -0.00961 e. The molecule has 18 heavy (non-hydrogen) atoms. The molecule has 92 valence electrons. The second-order valence-electron chi connectivity index (χ2n) is 5.92. The van der Waals surface area contributed by atoms with Gasteiger partial charge in [-0.15, -0.1) is 0 Å². The molecule has 1 aliphatic carbocycles. The Morgan fingerprint density at radius 3 is 1.28 bits per heavy atom. The first kappa shape index (κ1) is 11.5. The van der Waals surface area contributed by atoms with Gasteiger partial charge >= 0.3 is 0 Å². The van der Waals surface area contributed by atoms with E-state index < -0.39 is 0 Å². The van der Waals surface area contributed by atoms with Crippen molar-refractivity contribution in [3.63, 3.8) is 0 Å². The Labute approximate surface area is 108 Å². The summed E-state index contributed by atoms with van der Waals surface area (Å²) in [5, 5.41) is 5.73. The quantitative estimate of drug-likeness (QED) is 0.598. The average molecular weight is 236 g/mol. The molecule has 0 heterocycles. The Kier molecular flexibility index (Phi) is 2.55. The molecule has 3 rings (SSSR count). The molecule has 0 N–H and O–H groups in total. The lowest BCUT2D eigenvalue weighted by Crippen LogP contribution is -1.97. The molecule has 0 saturated carbocycles. The monoisotopic (exact) mass is 236 g/mol. The lowest BCUT2D eigenvalue weighted by Gasteiger charge is -2.12. The lowest BCUT2D eigenvalue weighted by atomic mass is 9.92. The fourth-order valence-electron chi connectivity index (χ4n) is 2.69. The van der Waals surface area contributed by atoms with Gasteiger partial charge in [0.05, 0.1) is 0 Å². The van der Waals surface area contributed by atoms with Gasteiger partial charge in [-0.25, -0.2) is 0 Å². The third-order valence-electron chi connectivity index (χ3n) is 4.00. The summed E-state index contributed by atoms with van der Waals surface area (Å²) in [7, 11) is 0. The Bertz CT molecular complexity index is 687. The van der Waals surface area contributed by atoms with Gasteiger partial charge in [-0.1, -0.05) is 64.1 Å². The first-order chi connectivity index (χ1) is 8.58. The van der Waals surface area contributed by atoms with Crippen molar-refractivity contribution in [1.29, 1.82) is 0 Å². The predicted octanol–water partition coefficient (Wildman–Crippen LogP) is 4.82. The lowest BCUT2D eigenvalue weighted by molar-refractivity contribution is 0.859. The maximum absolute atomic E-state index is 2.36. The summed E-state index contributed by atoms with van der Waals surface area (Å²) in [4.78, 5) is 0. The van der Waals surface area contributed by atoms with Gasteiger partial charge in [0, 0.05) is 0 Å². The summed E-state index contributed by atoms with van der Waals surface area (Å²) >= 11 is 0. The van der Waals surface area contributed by atoms with Crippen molar-refractivity contribution in [1.82, 2.24) is 0 Å². The minimum atomic E-state index is 0.606. The first-order valence-electron chi connectivity index (χ1n) is 6.86. The van der Waals surface area contributed by atoms with Crippen LogP contribution in [0.2, 0.25) is 0 Å². The molecule has 0 radical (unpaired) electrons. The molecule has 0 aromatic heterocycles. The number of hydrogen-bond acceptors (Lipinski definition) is 0. The van der Waals surface area contributed by atoms with E-state index in [1.807, 2.05) is 0 Å². The summed E-state index contributed by atoms with van der Waals surface area (Å²) in [5.74, 6) is 1.21. The number of fused-ring (bicyclic) bond motifs is 2. The molecule has 0 heteroatoms. The van der Waals surface area contributed by atoms with Gasteiger partial charge in [-0.3, -0.25) is 0 Å². The highest BCUT2D eigenvalue weighted by atomic mass is 14.1. The van der Waals surface area contributed by atoms with Crippen molar-refractivity contribution in [2.45, 2.75) is 39.5 Å². The molecule has 1 aliphatic rings. The van der Waals surface area contributed by atoms with Gasteiger partial charge in [0.1, 0.15) is 0 Å². The molecule has 0 amide bonds. The molecular formula is C18H20. The van der Waals surface area contributed by atoms with Crippen LogP contribution in [0, 0.1) is 20.9 Å². The predicted molar refractivity (Wildman–Crippen MR) is 76.4 cm³/mol. The summed E-state index contributed by atoms with van der Waals surface area (Å²) < 4.78 is 0. The summed E-state index contributed by atoms with van der Waals surface area (Å²) in [6.45, 7) is 9.01. The van der Waals surface area contributed by atoms with Crippen LogP contribution < -0.4 is 0 Å². The molecule has 0 aliphatic heterocycles. The second-order valence-corrected chi connectivity index (χ2v) is 5.92. The summed E-state index contributed by atoms with van der Waals surface area (Å²) in [6, 6.07) is 13.8. The van der Waals surface area contributed by atoms with Crippen molar-refractivity contribution in [2.75, 3.05) is 0 Å². The van der Waals surface area contributed by atoms with Crippen molar-refractivity contribution >= 4 is 0 Å². The van der Waals surface area contributed by atoms with E-state index in [2.05, 4.69) is 64.1 Å². The van der Waals surface area contributed by atoms with E-state index in [0.29, 0.717) is 11.8 Å². The smallest absolute Gasteiger partial charge is 0.00961 e. The molecule has 2 aromatic rings. The highest BCUT2D eigenvalue weighted by Crippen LogP contribution is 2.22. The van der Waals surface area contributed by atoms with Crippen molar-refractivity contribution in [3.8, 4) is 0 Å². The zero-order valence-electron chi connectivity index (χ0n) is 11.6. The van der Waals surface area contributed by atoms with E-state index in [0.717, 1.165) is 0 Å². The minimum absolute atomic E-state index is 0.606. The third-order valence-corrected chi connectivity index (χ3v) is 4.00. The second kappa shape index (κ2) is 3.98. The largest absolute Gasteiger partial charge is 0.0587 e. The van der Waals surface area contributed by atoms with Crippen LogP contribution in [0.3, 0.4) is 0 Å². The topological polar surface area (TPSA) is 0 Å². The molecule has 0 bridgehead atoms. The van der Waals surface area contributed by atoms with Gasteiger partial charge in [-0.05, 0) is 43.8 Å². The van der Waals surface area contributed by atoms with E-state index in [4.69, 9.17) is 0 Å². The van der Waals surface area contributed by atoms with E-state index in [-0.39, 0.29) is 0 Å². The van der Waals surface area contributed by atoms with E-state index in [9.17, 15) is 0 Å². The SMILES string of the molecule is CC(C)c1ccc2c(c1)=c1ccc(C(C)C)cc1=2. The molecule has 0 saturated heterocycles. The van der Waals surface area contributed by atoms with Gasteiger partial charge in [0.15, 0.2) is 0 Å². The fraction of sp³-hybridized carbons (Fsp3) is 0.333. The highest BCUT2D eigenvalue weighted by molar-refractivity contribution is 5.35. The standard InChI is InChI=1S/C18H20/c1-11(2)13-5-7-15-17(9-13)16-8-6-14(12(3)4)10-18(15)16/h5-12H,1-4H3. The molecule has 0 fully saturated rings. The van der Waals surface area contributed by atoms with Gasteiger partial charge < -0.3 is 0 Å². The van der Waals surface area contributed by atoms with Crippen molar-refractivity contribution < 1.29 is 0 Å².